The SMILES string of the molecule is CC(C)c1c(C(=O)Nc2ccn(Cc3ccccc3)n2)cnn1-c1ccc(F)cc1. The molecular weight excluding hydrogens is 381 g/mol. The van der Waals surface area contributed by atoms with Crippen molar-refractivity contribution in [1.29, 1.82) is 0 Å². The number of amides is 1. The molecule has 0 saturated heterocycles. The molecule has 0 aliphatic rings. The summed E-state index contributed by atoms with van der Waals surface area (Å²) in [6.45, 7) is 4.60. The molecule has 7 heteroatoms. The maximum Gasteiger partial charge on any atom is 0.260 e. The highest BCUT2D eigenvalue weighted by Gasteiger charge is 2.21. The van der Waals surface area contributed by atoms with Gasteiger partial charge in [-0.05, 0) is 35.7 Å². The van der Waals surface area contributed by atoms with Gasteiger partial charge in [-0.3, -0.25) is 9.48 Å². The molecule has 0 aliphatic carbocycles. The van der Waals surface area contributed by atoms with Gasteiger partial charge in [0.25, 0.3) is 5.91 Å². The van der Waals surface area contributed by atoms with Gasteiger partial charge in [-0.1, -0.05) is 44.2 Å². The van der Waals surface area contributed by atoms with Crippen molar-refractivity contribution in [3.8, 4) is 5.69 Å². The molecular formula is C23H22FN5O. The number of nitrogens with one attached hydrogen (secondary N) is 1. The summed E-state index contributed by atoms with van der Waals surface area (Å²) in [5, 5.41) is 11.7. The molecule has 0 aliphatic heterocycles. The Labute approximate surface area is 174 Å². The Balaban J connectivity index is 1.54. The van der Waals surface area contributed by atoms with Gasteiger partial charge in [-0.15, -0.1) is 0 Å². The zero-order valence-corrected chi connectivity index (χ0v) is 16.8. The summed E-state index contributed by atoms with van der Waals surface area (Å²) in [7, 11) is 0. The second-order valence-electron chi connectivity index (χ2n) is 7.32. The molecule has 4 aromatic rings. The van der Waals surface area contributed by atoms with Crippen LogP contribution in [-0.2, 0) is 6.54 Å². The maximum atomic E-state index is 13.3. The summed E-state index contributed by atoms with van der Waals surface area (Å²) in [4.78, 5) is 12.9. The van der Waals surface area contributed by atoms with Gasteiger partial charge in [-0.25, -0.2) is 9.07 Å². The maximum absolute atomic E-state index is 13.3. The van der Waals surface area contributed by atoms with E-state index >= 15 is 0 Å². The first-order valence-corrected chi connectivity index (χ1v) is 9.74. The molecule has 0 spiro atoms. The van der Waals surface area contributed by atoms with Gasteiger partial charge in [0.05, 0.1) is 29.7 Å². The predicted molar refractivity (Wildman–Crippen MR) is 113 cm³/mol. The van der Waals surface area contributed by atoms with Crippen LogP contribution in [0.1, 0.15) is 41.4 Å². The molecule has 1 amide bonds. The average molecular weight is 403 g/mol. The molecule has 4 rings (SSSR count). The molecule has 0 fully saturated rings. The van der Waals surface area contributed by atoms with Gasteiger partial charge in [0.2, 0.25) is 0 Å². The molecule has 6 nitrogen and oxygen atoms in total. The summed E-state index contributed by atoms with van der Waals surface area (Å²) < 4.78 is 16.7. The topological polar surface area (TPSA) is 64.7 Å². The van der Waals surface area contributed by atoms with Gasteiger partial charge in [0.1, 0.15) is 5.82 Å². The molecule has 0 bridgehead atoms. The molecule has 1 N–H and O–H groups in total. The van der Waals surface area contributed by atoms with E-state index in [1.165, 1.54) is 18.3 Å². The van der Waals surface area contributed by atoms with Crippen LogP contribution in [0.4, 0.5) is 10.2 Å². The van der Waals surface area contributed by atoms with E-state index in [0.29, 0.717) is 23.6 Å². The van der Waals surface area contributed by atoms with Crippen molar-refractivity contribution in [1.82, 2.24) is 19.6 Å². The third kappa shape index (κ3) is 4.15. The Morgan fingerprint density at radius 2 is 1.80 bits per heavy atom. The lowest BCUT2D eigenvalue weighted by Crippen LogP contribution is -2.16. The molecule has 2 heterocycles. The highest BCUT2D eigenvalue weighted by Crippen LogP contribution is 2.24. The number of nitrogens with zero attached hydrogens (tertiary/aromatic N) is 4. The summed E-state index contributed by atoms with van der Waals surface area (Å²) in [5.74, 6) is -0.0906. The van der Waals surface area contributed by atoms with Crippen LogP contribution in [0.15, 0.2) is 73.1 Å². The Hall–Kier alpha value is -3.74. The van der Waals surface area contributed by atoms with Crippen LogP contribution in [0, 0.1) is 5.82 Å². The van der Waals surface area contributed by atoms with Crippen molar-refractivity contribution in [2.24, 2.45) is 0 Å². The fourth-order valence-electron chi connectivity index (χ4n) is 3.35. The normalized spacial score (nSPS) is 11.1. The van der Waals surface area contributed by atoms with Gasteiger partial charge < -0.3 is 5.32 Å². The van der Waals surface area contributed by atoms with Crippen LogP contribution < -0.4 is 5.32 Å². The first-order valence-electron chi connectivity index (χ1n) is 9.74. The van der Waals surface area contributed by atoms with Gasteiger partial charge in [-0.2, -0.15) is 10.2 Å². The van der Waals surface area contributed by atoms with Crippen LogP contribution in [0.3, 0.4) is 0 Å². The third-order valence-electron chi connectivity index (χ3n) is 4.74. The van der Waals surface area contributed by atoms with E-state index in [2.05, 4.69) is 15.5 Å². The number of rotatable bonds is 6. The van der Waals surface area contributed by atoms with Crippen LogP contribution in [0.2, 0.25) is 0 Å². The minimum Gasteiger partial charge on any atom is -0.305 e. The lowest BCUT2D eigenvalue weighted by molar-refractivity contribution is 0.102. The summed E-state index contributed by atoms with van der Waals surface area (Å²) in [6, 6.07) is 17.8. The highest BCUT2D eigenvalue weighted by atomic mass is 19.1. The number of carbonyl (C=O) groups is 1. The fourth-order valence-corrected chi connectivity index (χ4v) is 3.35. The van der Waals surface area contributed by atoms with Gasteiger partial charge in [0.15, 0.2) is 5.82 Å². The number of halogens is 1. The Morgan fingerprint density at radius 1 is 1.07 bits per heavy atom. The van der Waals surface area contributed by atoms with E-state index in [9.17, 15) is 9.18 Å². The van der Waals surface area contributed by atoms with Crippen molar-refractivity contribution in [3.05, 3.63) is 95.7 Å². The lowest BCUT2D eigenvalue weighted by atomic mass is 10.1. The van der Waals surface area contributed by atoms with Crippen molar-refractivity contribution in [2.75, 3.05) is 5.32 Å². The van der Waals surface area contributed by atoms with Crippen LogP contribution >= 0.6 is 0 Å². The molecule has 0 atom stereocenters. The van der Waals surface area contributed by atoms with E-state index < -0.39 is 0 Å². The summed E-state index contributed by atoms with van der Waals surface area (Å²) >= 11 is 0. The third-order valence-corrected chi connectivity index (χ3v) is 4.74. The zero-order valence-electron chi connectivity index (χ0n) is 16.8. The van der Waals surface area contributed by atoms with Crippen molar-refractivity contribution in [3.63, 3.8) is 0 Å². The number of hydrogen-bond acceptors (Lipinski definition) is 3. The fraction of sp³-hybridized carbons (Fsp3) is 0.174. The molecule has 0 radical (unpaired) electrons. The van der Waals surface area contributed by atoms with E-state index in [1.807, 2.05) is 50.4 Å². The number of hydrogen-bond donors (Lipinski definition) is 1. The highest BCUT2D eigenvalue weighted by molar-refractivity contribution is 6.04. The van der Waals surface area contributed by atoms with Crippen molar-refractivity contribution < 1.29 is 9.18 Å². The smallest absolute Gasteiger partial charge is 0.260 e. The standard InChI is InChI=1S/C23H22FN5O/c1-16(2)22-20(14-25-29(22)19-10-8-18(24)9-11-19)23(30)26-21-12-13-28(27-21)15-17-6-4-3-5-7-17/h3-14,16H,15H2,1-2H3,(H,26,27,30). The van der Waals surface area contributed by atoms with Crippen LogP contribution in [0.25, 0.3) is 5.69 Å². The lowest BCUT2D eigenvalue weighted by Gasteiger charge is -2.12. The molecule has 152 valence electrons. The van der Waals surface area contributed by atoms with E-state index in [0.717, 1.165) is 11.3 Å². The van der Waals surface area contributed by atoms with E-state index in [-0.39, 0.29) is 17.6 Å². The second-order valence-corrected chi connectivity index (χ2v) is 7.32. The van der Waals surface area contributed by atoms with Gasteiger partial charge >= 0.3 is 0 Å². The van der Waals surface area contributed by atoms with E-state index in [1.54, 1.807) is 27.6 Å². The summed E-state index contributed by atoms with van der Waals surface area (Å²) in [5.41, 5.74) is 3.04. The molecule has 0 unspecified atom stereocenters. The molecule has 2 aromatic carbocycles. The van der Waals surface area contributed by atoms with Crippen LogP contribution in [-0.4, -0.2) is 25.5 Å². The average Bonchev–Trinajstić information content (AvgIpc) is 3.36. The Bertz CT molecular complexity index is 1150. The van der Waals surface area contributed by atoms with Crippen molar-refractivity contribution >= 4 is 11.7 Å². The molecule has 30 heavy (non-hydrogen) atoms. The van der Waals surface area contributed by atoms with Gasteiger partial charge in [0, 0.05) is 12.3 Å². The van der Waals surface area contributed by atoms with Crippen molar-refractivity contribution in [2.45, 2.75) is 26.3 Å². The number of aromatic nitrogens is 4. The minimum atomic E-state index is -0.318. The Morgan fingerprint density at radius 3 is 2.50 bits per heavy atom. The summed E-state index contributed by atoms with van der Waals surface area (Å²) in [6.07, 6.45) is 3.36. The van der Waals surface area contributed by atoms with Crippen LogP contribution in [0.5, 0.6) is 0 Å². The number of anilines is 1. The molecule has 0 saturated carbocycles. The number of benzene rings is 2. The second kappa shape index (κ2) is 8.32. The first kappa shape index (κ1) is 19.6. The first-order chi connectivity index (χ1) is 14.5. The van der Waals surface area contributed by atoms with E-state index in [4.69, 9.17) is 0 Å². The zero-order chi connectivity index (χ0) is 21.1. The monoisotopic (exact) mass is 403 g/mol. The molecule has 2 aromatic heterocycles. The quantitative estimate of drug-likeness (QED) is 0.510. The Kier molecular flexibility index (Phi) is 5.43. The number of carbonyl (C=O) groups excluding carboxylic acids is 1. The predicted octanol–water partition coefficient (Wildman–Crippen LogP) is 4.63. The minimum absolute atomic E-state index is 0.0361. The largest absolute Gasteiger partial charge is 0.305 e.